The Bertz CT molecular complexity index is 1650. The lowest BCUT2D eigenvalue weighted by atomic mass is 9.90. The number of aliphatic hydroxyl groups excluding tert-OH is 1. The monoisotopic (exact) mass is 525 g/mol. The predicted octanol–water partition coefficient (Wildman–Crippen LogP) is 3.28. The molecule has 6 rings (SSSR count). The van der Waals surface area contributed by atoms with Gasteiger partial charge in [0.05, 0.1) is 29.3 Å². The van der Waals surface area contributed by atoms with Crippen LogP contribution in [0.4, 0.5) is 13.2 Å². The molecule has 3 atom stereocenters. The molecule has 13 heteroatoms. The van der Waals surface area contributed by atoms with Crippen molar-refractivity contribution in [1.29, 1.82) is 0 Å². The van der Waals surface area contributed by atoms with Crippen molar-refractivity contribution >= 4 is 22.7 Å². The highest BCUT2D eigenvalue weighted by Crippen LogP contribution is 2.50. The molecule has 0 fully saturated rings. The highest BCUT2D eigenvalue weighted by molar-refractivity contribution is 6.00. The Balaban J connectivity index is 1.69. The number of nitrogens with zero attached hydrogens (tertiary/aromatic N) is 4. The Morgan fingerprint density at radius 3 is 2.76 bits per heavy atom. The number of fused-ring (bicyclic) bond motifs is 9. The van der Waals surface area contributed by atoms with Crippen LogP contribution in [0.5, 0.6) is 11.5 Å². The number of halogens is 3. The van der Waals surface area contributed by atoms with Crippen LogP contribution >= 0.6 is 0 Å². The number of hydrogen-bond donors (Lipinski definition) is 3. The molecular formula is C25H18F3N5O5. The van der Waals surface area contributed by atoms with Crippen LogP contribution in [0.3, 0.4) is 0 Å². The maximum absolute atomic E-state index is 16.1. The third kappa shape index (κ3) is 3.49. The third-order valence-electron chi connectivity index (χ3n) is 6.68. The number of amides is 1. The highest BCUT2D eigenvalue weighted by atomic mass is 19.3. The van der Waals surface area contributed by atoms with E-state index in [0.717, 1.165) is 12.3 Å². The lowest BCUT2D eigenvalue weighted by Crippen LogP contribution is -2.28. The smallest absolute Gasteiger partial charge is 0.387 e. The van der Waals surface area contributed by atoms with Gasteiger partial charge in [-0.2, -0.15) is 8.78 Å². The van der Waals surface area contributed by atoms with E-state index in [2.05, 4.69) is 25.0 Å². The second-order valence-electron chi connectivity index (χ2n) is 8.98. The highest BCUT2D eigenvalue weighted by Gasteiger charge is 2.44. The lowest BCUT2D eigenvalue weighted by molar-refractivity contribution is -0.0521. The molecule has 38 heavy (non-hydrogen) atoms. The predicted molar refractivity (Wildman–Crippen MR) is 124 cm³/mol. The van der Waals surface area contributed by atoms with Crippen LogP contribution in [0.2, 0.25) is 0 Å². The largest absolute Gasteiger partial charge is 0.504 e. The summed E-state index contributed by atoms with van der Waals surface area (Å²) >= 11 is 0. The number of para-hydroxylation sites is 2. The molecule has 3 N–H and O–H groups in total. The second-order valence-corrected chi connectivity index (χ2v) is 8.98. The van der Waals surface area contributed by atoms with Gasteiger partial charge in [-0.1, -0.05) is 12.1 Å². The van der Waals surface area contributed by atoms with E-state index in [-0.39, 0.29) is 17.5 Å². The summed E-state index contributed by atoms with van der Waals surface area (Å²) in [6.07, 6.45) is -0.431. The van der Waals surface area contributed by atoms with Crippen molar-refractivity contribution in [2.45, 2.75) is 38.1 Å². The van der Waals surface area contributed by atoms with Crippen LogP contribution in [0, 0.1) is 5.82 Å². The molecule has 0 saturated heterocycles. The zero-order valence-electron chi connectivity index (χ0n) is 19.5. The molecule has 2 aliphatic heterocycles. The summed E-state index contributed by atoms with van der Waals surface area (Å²) in [5.74, 6) is -4.59. The molecule has 1 unspecified atom stereocenters. The SMILES string of the molecule is CC(O)C(=O)c1ncc(O)c(-c2c(F)c(OC(F)F)cc3c2[C@H]2C[C@@H](NC3=O)c3nc4ccccc4n32)n1. The van der Waals surface area contributed by atoms with Gasteiger partial charge in [0.1, 0.15) is 17.6 Å². The fraction of sp³-hybridized carbons (Fsp3) is 0.240. The standard InChI is InChI=1S/C25H18F3N5O5/c1-9(34)21(36)22-29-8-15(35)20(32-22)18-17-10(6-16(19(18)26)38-25(27)28)24(37)31-12-7-14(17)33-13-5-3-2-4-11(13)30-23(12)33/h2-6,8-9,12,14,25,34-35H,7H2,1H3,(H,31,37)/t9?,12-,14-/m1/s1. The van der Waals surface area contributed by atoms with Gasteiger partial charge in [0.15, 0.2) is 23.1 Å². The minimum absolute atomic E-state index is 0.0375. The molecule has 194 valence electrons. The summed E-state index contributed by atoms with van der Waals surface area (Å²) in [4.78, 5) is 38.0. The number of alkyl halides is 2. The van der Waals surface area contributed by atoms with Gasteiger partial charge in [-0.25, -0.2) is 19.3 Å². The van der Waals surface area contributed by atoms with Crippen molar-refractivity contribution in [3.8, 4) is 22.8 Å². The Morgan fingerprint density at radius 1 is 1.26 bits per heavy atom. The number of ether oxygens (including phenoxy) is 1. The van der Waals surface area contributed by atoms with Gasteiger partial charge in [0, 0.05) is 16.7 Å². The quantitative estimate of drug-likeness (QED) is 0.338. The van der Waals surface area contributed by atoms with Crippen molar-refractivity contribution in [2.75, 3.05) is 0 Å². The summed E-state index contributed by atoms with van der Waals surface area (Å²) in [6, 6.07) is 6.74. The van der Waals surface area contributed by atoms with Crippen molar-refractivity contribution in [3.63, 3.8) is 0 Å². The molecule has 2 aliphatic rings. The number of rotatable bonds is 5. The van der Waals surface area contributed by atoms with Gasteiger partial charge in [0.2, 0.25) is 5.78 Å². The first-order chi connectivity index (χ1) is 18.2. The van der Waals surface area contributed by atoms with Gasteiger partial charge >= 0.3 is 6.61 Å². The van der Waals surface area contributed by atoms with Gasteiger partial charge in [-0.15, -0.1) is 0 Å². The first-order valence-electron chi connectivity index (χ1n) is 11.5. The average Bonchev–Trinajstić information content (AvgIpc) is 3.38. The molecule has 2 bridgehead atoms. The minimum atomic E-state index is -3.42. The average molecular weight is 525 g/mol. The van der Waals surface area contributed by atoms with E-state index >= 15 is 4.39 Å². The number of ketones is 1. The van der Waals surface area contributed by atoms with Gasteiger partial charge in [-0.3, -0.25) is 9.59 Å². The fourth-order valence-corrected chi connectivity index (χ4v) is 5.14. The van der Waals surface area contributed by atoms with Crippen molar-refractivity contribution < 1.29 is 37.7 Å². The number of nitrogens with one attached hydrogen (secondary N) is 1. The van der Waals surface area contributed by atoms with E-state index in [1.54, 1.807) is 24.3 Å². The summed E-state index contributed by atoms with van der Waals surface area (Å²) in [6.45, 7) is -2.24. The molecule has 0 spiro atoms. The van der Waals surface area contributed by atoms with E-state index in [4.69, 9.17) is 0 Å². The molecule has 2 aromatic heterocycles. The summed E-state index contributed by atoms with van der Waals surface area (Å²) < 4.78 is 48.7. The number of carbonyl (C=O) groups excluding carboxylic acids is 2. The molecule has 10 nitrogen and oxygen atoms in total. The van der Waals surface area contributed by atoms with E-state index in [9.17, 15) is 28.6 Å². The number of aliphatic hydroxyl groups is 1. The number of aromatic hydroxyl groups is 1. The number of benzene rings is 2. The van der Waals surface area contributed by atoms with Crippen LogP contribution in [-0.2, 0) is 0 Å². The Morgan fingerprint density at radius 2 is 2.03 bits per heavy atom. The first kappa shape index (κ1) is 23.9. The Hall–Kier alpha value is -4.52. The summed E-state index contributed by atoms with van der Waals surface area (Å²) in [7, 11) is 0. The lowest BCUT2D eigenvalue weighted by Gasteiger charge is -2.23. The van der Waals surface area contributed by atoms with Gasteiger partial charge in [0.25, 0.3) is 5.91 Å². The van der Waals surface area contributed by atoms with Gasteiger partial charge in [-0.05, 0) is 31.5 Å². The molecule has 4 aromatic rings. The van der Waals surface area contributed by atoms with Crippen molar-refractivity contribution in [3.05, 3.63) is 65.1 Å². The van der Waals surface area contributed by atoms with Crippen LogP contribution in [0.1, 0.15) is 57.8 Å². The number of carbonyl (C=O) groups is 2. The van der Waals surface area contributed by atoms with Crippen molar-refractivity contribution in [2.24, 2.45) is 0 Å². The maximum atomic E-state index is 16.1. The van der Waals surface area contributed by atoms with E-state index in [1.807, 2.05) is 4.57 Å². The molecule has 2 aromatic carbocycles. The fourth-order valence-electron chi connectivity index (χ4n) is 5.14. The number of aromatic nitrogens is 4. The van der Waals surface area contributed by atoms with Crippen molar-refractivity contribution in [1.82, 2.24) is 24.8 Å². The number of hydrogen-bond acceptors (Lipinski definition) is 8. The number of Topliss-reactive ketones (excluding diaryl/α,β-unsaturated/α-hetero) is 1. The van der Waals surface area contributed by atoms with E-state index in [0.29, 0.717) is 16.9 Å². The molecule has 1 amide bonds. The summed E-state index contributed by atoms with van der Waals surface area (Å²) in [5, 5.41) is 23.2. The first-order valence-corrected chi connectivity index (χ1v) is 11.5. The van der Waals surface area contributed by atoms with Crippen LogP contribution < -0.4 is 10.1 Å². The second kappa shape index (κ2) is 8.52. The van der Waals surface area contributed by atoms with Crippen LogP contribution in [0.25, 0.3) is 22.3 Å². The minimum Gasteiger partial charge on any atom is -0.504 e. The Labute approximate surface area is 211 Å². The molecule has 4 heterocycles. The topological polar surface area (TPSA) is 139 Å². The van der Waals surface area contributed by atoms with Crippen LogP contribution in [0.15, 0.2) is 36.5 Å². The number of imidazole rings is 1. The molecule has 0 aliphatic carbocycles. The molecule has 0 saturated carbocycles. The normalized spacial score (nSPS) is 18.6. The van der Waals surface area contributed by atoms with E-state index < -0.39 is 70.9 Å². The van der Waals surface area contributed by atoms with Crippen LogP contribution in [-0.4, -0.2) is 54.1 Å². The molecule has 0 radical (unpaired) electrons. The summed E-state index contributed by atoms with van der Waals surface area (Å²) in [5.41, 5.74) is 0.146. The Kier molecular flexibility index (Phi) is 5.35. The molecular weight excluding hydrogens is 507 g/mol. The van der Waals surface area contributed by atoms with E-state index in [1.165, 1.54) is 6.92 Å². The maximum Gasteiger partial charge on any atom is 0.387 e. The zero-order valence-corrected chi connectivity index (χ0v) is 19.5. The zero-order chi connectivity index (χ0) is 26.9. The van der Waals surface area contributed by atoms with Gasteiger partial charge < -0.3 is 24.8 Å². The third-order valence-corrected chi connectivity index (χ3v) is 6.68.